The Balaban J connectivity index is 2.50. The maximum atomic E-state index is 11.7. The average molecular weight is 263 g/mol. The monoisotopic (exact) mass is 263 g/mol. The lowest BCUT2D eigenvalue weighted by molar-refractivity contribution is -0.138. The summed E-state index contributed by atoms with van der Waals surface area (Å²) in [6.07, 6.45) is 0.234. The standard InChI is InChI=1S/C15H21NO3/c1-10(2)12-4-6-13(7-5-12)16-14(17)8-11(3)9-15(18)19/h4-7,10-11H,8-9H2,1-3H3,(H,16,17)(H,18,19)/t11-/m0/s1. The highest BCUT2D eigenvalue weighted by atomic mass is 16.4. The van der Waals surface area contributed by atoms with E-state index in [1.807, 2.05) is 24.3 Å². The molecule has 4 nitrogen and oxygen atoms in total. The Hall–Kier alpha value is -1.84. The van der Waals surface area contributed by atoms with Gasteiger partial charge < -0.3 is 10.4 Å². The highest BCUT2D eigenvalue weighted by Gasteiger charge is 2.12. The zero-order valence-corrected chi connectivity index (χ0v) is 11.6. The normalized spacial score (nSPS) is 12.2. The molecule has 0 heterocycles. The van der Waals surface area contributed by atoms with Crippen molar-refractivity contribution in [2.24, 2.45) is 5.92 Å². The molecule has 19 heavy (non-hydrogen) atoms. The van der Waals surface area contributed by atoms with Gasteiger partial charge in [0, 0.05) is 18.5 Å². The van der Waals surface area contributed by atoms with Crippen LogP contribution in [0.3, 0.4) is 0 Å². The number of rotatable bonds is 6. The van der Waals surface area contributed by atoms with Gasteiger partial charge in [0.15, 0.2) is 0 Å². The van der Waals surface area contributed by atoms with Crippen LogP contribution in [0.15, 0.2) is 24.3 Å². The van der Waals surface area contributed by atoms with Gasteiger partial charge in [-0.1, -0.05) is 32.9 Å². The van der Waals surface area contributed by atoms with Crippen molar-refractivity contribution in [1.82, 2.24) is 0 Å². The summed E-state index contributed by atoms with van der Waals surface area (Å²) in [6, 6.07) is 7.71. The SMILES string of the molecule is CC(C)c1ccc(NC(=O)C[C@H](C)CC(=O)O)cc1. The molecule has 1 aromatic carbocycles. The summed E-state index contributed by atoms with van der Waals surface area (Å²) in [5.74, 6) is -0.722. The van der Waals surface area contributed by atoms with Crippen LogP contribution < -0.4 is 5.32 Å². The molecule has 0 fully saturated rings. The first kappa shape index (κ1) is 15.2. The lowest BCUT2D eigenvalue weighted by Gasteiger charge is -2.10. The van der Waals surface area contributed by atoms with Crippen LogP contribution in [0.5, 0.6) is 0 Å². The third-order valence-corrected chi connectivity index (χ3v) is 2.92. The number of carboxylic acid groups (broad SMARTS) is 1. The largest absolute Gasteiger partial charge is 0.481 e. The molecule has 0 radical (unpaired) electrons. The van der Waals surface area contributed by atoms with E-state index in [2.05, 4.69) is 19.2 Å². The molecule has 0 aliphatic carbocycles. The van der Waals surface area contributed by atoms with Crippen LogP contribution in [0, 0.1) is 5.92 Å². The van der Waals surface area contributed by atoms with Gasteiger partial charge in [-0.2, -0.15) is 0 Å². The molecule has 0 saturated heterocycles. The molecule has 0 aromatic heterocycles. The second-order valence-corrected chi connectivity index (χ2v) is 5.23. The van der Waals surface area contributed by atoms with Gasteiger partial charge in [-0.05, 0) is 29.5 Å². The molecule has 1 rings (SSSR count). The Morgan fingerprint density at radius 3 is 2.16 bits per heavy atom. The van der Waals surface area contributed by atoms with Crippen LogP contribution in [0.4, 0.5) is 5.69 Å². The maximum absolute atomic E-state index is 11.7. The van der Waals surface area contributed by atoms with E-state index in [4.69, 9.17) is 5.11 Å². The molecule has 0 aliphatic rings. The van der Waals surface area contributed by atoms with Gasteiger partial charge in [0.1, 0.15) is 0 Å². The molecular formula is C15H21NO3. The number of carboxylic acids is 1. The van der Waals surface area contributed by atoms with E-state index in [0.717, 1.165) is 5.69 Å². The van der Waals surface area contributed by atoms with Gasteiger partial charge in [0.2, 0.25) is 5.91 Å². The molecular weight excluding hydrogens is 242 g/mol. The third kappa shape index (κ3) is 5.55. The number of nitrogens with one attached hydrogen (secondary N) is 1. The fourth-order valence-corrected chi connectivity index (χ4v) is 1.85. The Labute approximate surface area is 113 Å². The number of benzene rings is 1. The number of carbonyl (C=O) groups is 2. The lowest BCUT2D eigenvalue weighted by atomic mass is 10.0. The number of amides is 1. The molecule has 4 heteroatoms. The van der Waals surface area contributed by atoms with Gasteiger partial charge in [-0.25, -0.2) is 0 Å². The van der Waals surface area contributed by atoms with Gasteiger partial charge in [-0.3, -0.25) is 9.59 Å². The summed E-state index contributed by atoms with van der Waals surface area (Å²) >= 11 is 0. The first-order valence-electron chi connectivity index (χ1n) is 6.50. The first-order chi connectivity index (χ1) is 8.88. The van der Waals surface area contributed by atoms with Gasteiger partial charge in [0.25, 0.3) is 0 Å². The summed E-state index contributed by atoms with van der Waals surface area (Å²) in [5.41, 5.74) is 1.97. The van der Waals surface area contributed by atoms with Gasteiger partial charge in [-0.15, -0.1) is 0 Å². The minimum absolute atomic E-state index is 0.0136. The number of hydrogen-bond acceptors (Lipinski definition) is 2. The van der Waals surface area contributed by atoms with Crippen molar-refractivity contribution >= 4 is 17.6 Å². The third-order valence-electron chi connectivity index (χ3n) is 2.92. The molecule has 0 unspecified atom stereocenters. The highest BCUT2D eigenvalue weighted by Crippen LogP contribution is 2.17. The quantitative estimate of drug-likeness (QED) is 0.828. The first-order valence-corrected chi connectivity index (χ1v) is 6.50. The highest BCUT2D eigenvalue weighted by molar-refractivity contribution is 5.91. The van der Waals surface area contributed by atoms with Crippen LogP contribution >= 0.6 is 0 Å². The van der Waals surface area contributed by atoms with Crippen molar-refractivity contribution in [1.29, 1.82) is 0 Å². The zero-order valence-electron chi connectivity index (χ0n) is 11.6. The van der Waals surface area contributed by atoms with Crippen molar-refractivity contribution in [3.8, 4) is 0 Å². The summed E-state index contributed by atoms with van der Waals surface area (Å²) in [7, 11) is 0. The molecule has 0 saturated carbocycles. The summed E-state index contributed by atoms with van der Waals surface area (Å²) in [5, 5.41) is 11.4. The number of carbonyl (C=O) groups excluding carboxylic acids is 1. The molecule has 1 amide bonds. The Morgan fingerprint density at radius 1 is 1.11 bits per heavy atom. The van der Waals surface area contributed by atoms with Crippen LogP contribution in [-0.4, -0.2) is 17.0 Å². The predicted octanol–water partition coefficient (Wildman–Crippen LogP) is 3.25. The molecule has 2 N–H and O–H groups in total. The van der Waals surface area contributed by atoms with E-state index in [0.29, 0.717) is 5.92 Å². The smallest absolute Gasteiger partial charge is 0.303 e. The maximum Gasteiger partial charge on any atom is 0.303 e. The summed E-state index contributed by atoms with van der Waals surface area (Å²) in [4.78, 5) is 22.2. The topological polar surface area (TPSA) is 66.4 Å². The molecule has 0 spiro atoms. The van der Waals surface area contributed by atoms with Crippen LogP contribution in [0.1, 0.15) is 45.1 Å². The summed E-state index contributed by atoms with van der Waals surface area (Å²) < 4.78 is 0. The molecule has 1 atom stereocenters. The molecule has 0 bridgehead atoms. The second kappa shape index (κ2) is 6.92. The number of aliphatic carboxylic acids is 1. The molecule has 0 aliphatic heterocycles. The fraction of sp³-hybridized carbons (Fsp3) is 0.467. The van der Waals surface area contributed by atoms with E-state index >= 15 is 0 Å². The van der Waals surface area contributed by atoms with Crippen molar-refractivity contribution in [2.45, 2.75) is 39.5 Å². The van der Waals surface area contributed by atoms with Crippen molar-refractivity contribution in [3.63, 3.8) is 0 Å². The van der Waals surface area contributed by atoms with Crippen LogP contribution in [-0.2, 0) is 9.59 Å². The number of anilines is 1. The van der Waals surface area contributed by atoms with E-state index in [9.17, 15) is 9.59 Å². The fourth-order valence-electron chi connectivity index (χ4n) is 1.85. The van der Waals surface area contributed by atoms with Gasteiger partial charge >= 0.3 is 5.97 Å². The predicted molar refractivity (Wildman–Crippen MR) is 75.2 cm³/mol. The van der Waals surface area contributed by atoms with Gasteiger partial charge in [0.05, 0.1) is 0 Å². The van der Waals surface area contributed by atoms with E-state index in [-0.39, 0.29) is 24.7 Å². The Morgan fingerprint density at radius 2 is 1.68 bits per heavy atom. The lowest BCUT2D eigenvalue weighted by Crippen LogP contribution is -2.16. The second-order valence-electron chi connectivity index (χ2n) is 5.23. The van der Waals surface area contributed by atoms with E-state index in [1.54, 1.807) is 6.92 Å². The van der Waals surface area contributed by atoms with Crippen molar-refractivity contribution < 1.29 is 14.7 Å². The van der Waals surface area contributed by atoms with E-state index in [1.165, 1.54) is 5.56 Å². The average Bonchev–Trinajstić information content (AvgIpc) is 2.27. The van der Waals surface area contributed by atoms with Crippen molar-refractivity contribution in [3.05, 3.63) is 29.8 Å². The Bertz CT molecular complexity index is 437. The van der Waals surface area contributed by atoms with Crippen LogP contribution in [0.25, 0.3) is 0 Å². The minimum Gasteiger partial charge on any atom is -0.481 e. The minimum atomic E-state index is -0.874. The zero-order chi connectivity index (χ0) is 14.4. The van der Waals surface area contributed by atoms with Crippen molar-refractivity contribution in [2.75, 3.05) is 5.32 Å². The summed E-state index contributed by atoms with van der Waals surface area (Å²) in [6.45, 7) is 5.98. The van der Waals surface area contributed by atoms with E-state index < -0.39 is 5.97 Å². The van der Waals surface area contributed by atoms with Crippen LogP contribution in [0.2, 0.25) is 0 Å². The molecule has 1 aromatic rings. The number of hydrogen-bond donors (Lipinski definition) is 2. The Kier molecular flexibility index (Phi) is 5.55. The molecule has 104 valence electrons.